The molecule has 7 heteroatoms. The maximum absolute atomic E-state index is 13.8. The monoisotopic (exact) mass is 321 g/mol. The number of hydrogen-bond donors (Lipinski definition) is 2. The first-order valence-corrected chi connectivity index (χ1v) is 6.93. The van der Waals surface area contributed by atoms with E-state index in [1.165, 1.54) is 7.11 Å². The quantitative estimate of drug-likeness (QED) is 0.664. The molecule has 114 valence electrons. The first kappa shape index (κ1) is 15.8. The maximum atomic E-state index is 13.8. The first-order chi connectivity index (χ1) is 10.4. The van der Waals surface area contributed by atoms with E-state index in [1.54, 1.807) is 24.3 Å². The summed E-state index contributed by atoms with van der Waals surface area (Å²) in [7, 11) is 1.26. The molecule has 5 nitrogen and oxygen atoms in total. The Balaban J connectivity index is 2.42. The molecule has 0 aromatic heterocycles. The Kier molecular flexibility index (Phi) is 4.67. The summed E-state index contributed by atoms with van der Waals surface area (Å²) in [5.41, 5.74) is 5.70. The van der Waals surface area contributed by atoms with Crippen molar-refractivity contribution in [2.75, 3.05) is 12.8 Å². The third-order valence-corrected chi connectivity index (χ3v) is 3.99. The van der Waals surface area contributed by atoms with Crippen molar-refractivity contribution in [3.8, 4) is 0 Å². The van der Waals surface area contributed by atoms with Crippen LogP contribution >= 0.6 is 11.8 Å². The van der Waals surface area contributed by atoms with Gasteiger partial charge in [0.1, 0.15) is 5.82 Å². The highest BCUT2D eigenvalue weighted by atomic mass is 32.2. The van der Waals surface area contributed by atoms with Crippen LogP contribution in [0.5, 0.6) is 0 Å². The molecule has 2 rings (SSSR count). The SMILES string of the molecule is COC(=O)c1ccccc1Sc1cc(F)c(C(=O)O)cc1N. The number of rotatable bonds is 4. The molecule has 0 heterocycles. The lowest BCUT2D eigenvalue weighted by Gasteiger charge is -2.10. The topological polar surface area (TPSA) is 89.6 Å². The normalized spacial score (nSPS) is 10.3. The van der Waals surface area contributed by atoms with Crippen LogP contribution in [0.15, 0.2) is 46.2 Å². The smallest absolute Gasteiger partial charge is 0.339 e. The van der Waals surface area contributed by atoms with Crippen LogP contribution in [0.25, 0.3) is 0 Å². The molecule has 0 bridgehead atoms. The van der Waals surface area contributed by atoms with E-state index < -0.39 is 23.3 Å². The fourth-order valence-electron chi connectivity index (χ4n) is 1.78. The number of ether oxygens (including phenoxy) is 1. The Morgan fingerprint density at radius 1 is 1.18 bits per heavy atom. The average molecular weight is 321 g/mol. The number of halogens is 1. The van der Waals surface area contributed by atoms with Gasteiger partial charge < -0.3 is 15.6 Å². The highest BCUT2D eigenvalue weighted by molar-refractivity contribution is 7.99. The van der Waals surface area contributed by atoms with Crippen molar-refractivity contribution >= 4 is 29.4 Å². The van der Waals surface area contributed by atoms with Crippen LogP contribution in [-0.4, -0.2) is 24.2 Å². The number of methoxy groups -OCH3 is 1. The van der Waals surface area contributed by atoms with Gasteiger partial charge in [0.25, 0.3) is 0 Å². The summed E-state index contributed by atoms with van der Waals surface area (Å²) in [6.07, 6.45) is 0. The van der Waals surface area contributed by atoms with Crippen molar-refractivity contribution in [3.63, 3.8) is 0 Å². The summed E-state index contributed by atoms with van der Waals surface area (Å²) in [6, 6.07) is 8.73. The van der Waals surface area contributed by atoms with Gasteiger partial charge in [0.2, 0.25) is 0 Å². The van der Waals surface area contributed by atoms with E-state index in [2.05, 4.69) is 4.74 Å². The number of hydrogen-bond acceptors (Lipinski definition) is 5. The largest absolute Gasteiger partial charge is 0.478 e. The number of aromatic carboxylic acids is 1. The van der Waals surface area contributed by atoms with E-state index >= 15 is 0 Å². The van der Waals surface area contributed by atoms with E-state index in [-0.39, 0.29) is 5.69 Å². The Labute approximate surface area is 129 Å². The summed E-state index contributed by atoms with van der Waals surface area (Å²) < 4.78 is 18.5. The van der Waals surface area contributed by atoms with Crippen LogP contribution in [0.3, 0.4) is 0 Å². The third kappa shape index (κ3) is 3.20. The number of benzene rings is 2. The number of nitrogens with two attached hydrogens (primary N) is 1. The molecule has 0 saturated heterocycles. The summed E-state index contributed by atoms with van der Waals surface area (Å²) in [6.45, 7) is 0. The number of carboxylic acid groups (broad SMARTS) is 1. The molecule has 0 fully saturated rings. The van der Waals surface area contributed by atoms with Crippen LogP contribution in [-0.2, 0) is 4.74 Å². The minimum atomic E-state index is -1.39. The zero-order valence-corrected chi connectivity index (χ0v) is 12.3. The van der Waals surface area contributed by atoms with Gasteiger partial charge in [0.05, 0.1) is 18.2 Å². The van der Waals surface area contributed by atoms with Gasteiger partial charge >= 0.3 is 11.9 Å². The van der Waals surface area contributed by atoms with Gasteiger partial charge in [0, 0.05) is 15.5 Å². The molecule has 0 spiro atoms. The van der Waals surface area contributed by atoms with Crippen molar-refractivity contribution in [2.45, 2.75) is 9.79 Å². The zero-order chi connectivity index (χ0) is 16.3. The van der Waals surface area contributed by atoms with Crippen LogP contribution in [0.1, 0.15) is 20.7 Å². The molecular formula is C15H12FNO4S. The van der Waals surface area contributed by atoms with Gasteiger partial charge in [-0.15, -0.1) is 0 Å². The lowest BCUT2D eigenvalue weighted by molar-refractivity contribution is 0.0596. The van der Waals surface area contributed by atoms with E-state index in [1.807, 2.05) is 0 Å². The van der Waals surface area contributed by atoms with Gasteiger partial charge in [-0.25, -0.2) is 14.0 Å². The number of esters is 1. The number of nitrogen functional groups attached to an aromatic ring is 1. The first-order valence-electron chi connectivity index (χ1n) is 6.11. The Hall–Kier alpha value is -2.54. The van der Waals surface area contributed by atoms with Gasteiger partial charge in [0.15, 0.2) is 0 Å². The predicted octanol–water partition coefficient (Wildman–Crippen LogP) is 3.04. The van der Waals surface area contributed by atoms with E-state index in [9.17, 15) is 14.0 Å². The summed E-state index contributed by atoms with van der Waals surface area (Å²) in [4.78, 5) is 23.4. The summed E-state index contributed by atoms with van der Waals surface area (Å²) >= 11 is 1.06. The molecule has 2 aromatic rings. The molecule has 0 radical (unpaired) electrons. The van der Waals surface area contributed by atoms with E-state index in [0.717, 1.165) is 23.9 Å². The maximum Gasteiger partial charge on any atom is 0.339 e. The number of carbonyl (C=O) groups is 2. The zero-order valence-electron chi connectivity index (χ0n) is 11.5. The molecule has 0 unspecified atom stereocenters. The Morgan fingerprint density at radius 2 is 1.86 bits per heavy atom. The molecule has 0 aliphatic heterocycles. The van der Waals surface area contributed by atoms with Gasteiger partial charge in [-0.1, -0.05) is 23.9 Å². The van der Waals surface area contributed by atoms with E-state index in [4.69, 9.17) is 10.8 Å². The second-order valence-corrected chi connectivity index (χ2v) is 5.35. The van der Waals surface area contributed by atoms with Crippen LogP contribution in [0.4, 0.5) is 10.1 Å². The van der Waals surface area contributed by atoms with Gasteiger partial charge in [-0.3, -0.25) is 0 Å². The minimum absolute atomic E-state index is 0.114. The molecule has 0 aliphatic rings. The predicted molar refractivity (Wildman–Crippen MR) is 79.7 cm³/mol. The lowest BCUT2D eigenvalue weighted by atomic mass is 10.2. The second-order valence-electron chi connectivity index (χ2n) is 4.26. The molecule has 2 aromatic carbocycles. The fourth-order valence-corrected chi connectivity index (χ4v) is 2.76. The van der Waals surface area contributed by atoms with Crippen molar-refractivity contribution in [2.24, 2.45) is 0 Å². The Morgan fingerprint density at radius 3 is 2.50 bits per heavy atom. The number of carboxylic acids is 1. The highest BCUT2D eigenvalue weighted by Gasteiger charge is 2.17. The van der Waals surface area contributed by atoms with Gasteiger partial charge in [-0.2, -0.15) is 0 Å². The lowest BCUT2D eigenvalue weighted by Crippen LogP contribution is -2.04. The van der Waals surface area contributed by atoms with E-state index in [0.29, 0.717) is 15.4 Å². The number of carbonyl (C=O) groups excluding carboxylic acids is 1. The number of anilines is 1. The standard InChI is InChI=1S/C15H12FNO4S/c1-21-15(20)8-4-2-3-5-12(8)22-13-7-10(16)9(14(18)19)6-11(13)17/h2-7H,17H2,1H3,(H,18,19). The molecule has 22 heavy (non-hydrogen) atoms. The molecular weight excluding hydrogens is 309 g/mol. The fraction of sp³-hybridized carbons (Fsp3) is 0.0667. The third-order valence-electron chi connectivity index (χ3n) is 2.84. The molecule has 3 N–H and O–H groups in total. The second kappa shape index (κ2) is 6.48. The summed E-state index contributed by atoms with van der Waals surface area (Å²) in [5.74, 6) is -2.81. The average Bonchev–Trinajstić information content (AvgIpc) is 2.50. The highest BCUT2D eigenvalue weighted by Crippen LogP contribution is 2.35. The molecule has 0 atom stereocenters. The van der Waals surface area contributed by atoms with Crippen molar-refractivity contribution < 1.29 is 23.8 Å². The molecule has 0 saturated carbocycles. The Bertz CT molecular complexity index is 748. The molecule has 0 amide bonds. The van der Waals surface area contributed by atoms with Crippen molar-refractivity contribution in [3.05, 3.63) is 53.3 Å². The van der Waals surface area contributed by atoms with Crippen molar-refractivity contribution in [1.82, 2.24) is 0 Å². The minimum Gasteiger partial charge on any atom is -0.478 e. The van der Waals surface area contributed by atoms with Crippen LogP contribution in [0, 0.1) is 5.82 Å². The van der Waals surface area contributed by atoms with Gasteiger partial charge in [-0.05, 0) is 24.3 Å². The summed E-state index contributed by atoms with van der Waals surface area (Å²) in [5, 5.41) is 8.86. The van der Waals surface area contributed by atoms with Crippen molar-refractivity contribution in [1.29, 1.82) is 0 Å². The van der Waals surface area contributed by atoms with Crippen LogP contribution in [0.2, 0.25) is 0 Å². The van der Waals surface area contributed by atoms with Crippen LogP contribution < -0.4 is 5.73 Å². The molecule has 0 aliphatic carbocycles.